The van der Waals surface area contributed by atoms with Gasteiger partial charge in [-0.1, -0.05) is 26.0 Å². The molecule has 1 amide bonds. The number of aliphatic hydroxyl groups excluding tert-OH is 1. The highest BCUT2D eigenvalue weighted by atomic mass is 19.2. The summed E-state index contributed by atoms with van der Waals surface area (Å²) in [5.41, 5.74) is -0.454. The topological polar surface area (TPSA) is 49.8 Å². The molecule has 1 aliphatic heterocycles. The smallest absolute Gasteiger partial charge is 0.410 e. The first-order valence-corrected chi connectivity index (χ1v) is 8.08. The second-order valence-corrected chi connectivity index (χ2v) is 5.78. The molecule has 0 aliphatic carbocycles. The summed E-state index contributed by atoms with van der Waals surface area (Å²) in [4.78, 5) is 12.9. The Labute approximate surface area is 149 Å². The van der Waals surface area contributed by atoms with E-state index in [1.807, 2.05) is 34.6 Å². The zero-order chi connectivity index (χ0) is 20.0. The van der Waals surface area contributed by atoms with Crippen LogP contribution in [0.15, 0.2) is 24.3 Å². The number of β-amino-alcohol motifs (C(OH)–C–C–N with tert-alkyl or cyclic N) is 1. The Kier molecular flexibility index (Phi) is 13.3. The first kappa shape index (κ1) is 25.1. The van der Waals surface area contributed by atoms with E-state index in [1.54, 1.807) is 0 Å². The van der Waals surface area contributed by atoms with E-state index in [0.29, 0.717) is 19.5 Å². The van der Waals surface area contributed by atoms with Crippen LogP contribution in [0.25, 0.3) is 0 Å². The Hall–Kier alpha value is -2.13. The fraction of sp³-hybridized carbons (Fsp3) is 0.526. The molecule has 1 heterocycles. The predicted molar refractivity (Wildman–Crippen MR) is 96.0 cm³/mol. The van der Waals surface area contributed by atoms with Gasteiger partial charge in [-0.05, 0) is 39.3 Å². The normalized spacial score (nSPS) is 15.4. The Morgan fingerprint density at radius 1 is 1.20 bits per heavy atom. The van der Waals surface area contributed by atoms with Gasteiger partial charge in [-0.3, -0.25) is 0 Å². The van der Waals surface area contributed by atoms with Crippen molar-refractivity contribution in [1.82, 2.24) is 4.90 Å². The Bertz CT molecular complexity index is 492. The number of carbonyl (C=O) groups excluding carboxylic acids is 1. The van der Waals surface area contributed by atoms with Crippen LogP contribution in [-0.2, 0) is 4.74 Å². The number of likely N-dealkylation sites (tertiary alicyclic amines) is 1. The number of hydrogen-bond donors (Lipinski definition) is 1. The minimum absolute atomic E-state index is 0.330. The van der Waals surface area contributed by atoms with Crippen LogP contribution in [0.1, 0.15) is 41.0 Å². The maximum atomic E-state index is 11.9. The monoisotopic (exact) mass is 357 g/mol. The number of nitrogens with zero attached hydrogens (tertiary/aromatic N) is 1. The van der Waals surface area contributed by atoms with Gasteiger partial charge in [0.25, 0.3) is 0 Å². The predicted octanol–water partition coefficient (Wildman–Crippen LogP) is 4.23. The van der Waals surface area contributed by atoms with Crippen molar-refractivity contribution in [3.05, 3.63) is 35.9 Å². The number of hydrogen-bond acceptors (Lipinski definition) is 3. The van der Waals surface area contributed by atoms with Crippen molar-refractivity contribution in [2.45, 2.75) is 52.7 Å². The van der Waals surface area contributed by atoms with Crippen molar-refractivity contribution in [3.63, 3.8) is 0 Å². The number of rotatable bonds is 0. The molecule has 0 spiro atoms. The van der Waals surface area contributed by atoms with E-state index in [4.69, 9.17) is 4.74 Å². The van der Waals surface area contributed by atoms with Crippen molar-refractivity contribution >= 4 is 6.09 Å². The molecular weight excluding hydrogens is 328 g/mol. The SMILES string of the molecule is C#C.CC.CC(C)(C)OC(=O)N1CC[C@H](O)C1.Fc1ccccc1F. The molecule has 1 aromatic carbocycles. The fourth-order valence-electron chi connectivity index (χ4n) is 1.67. The molecule has 142 valence electrons. The molecule has 1 atom stereocenters. The largest absolute Gasteiger partial charge is 0.444 e. The molecule has 0 aromatic heterocycles. The summed E-state index contributed by atoms with van der Waals surface area (Å²) in [6.07, 6.45) is 7.94. The van der Waals surface area contributed by atoms with Gasteiger partial charge in [-0.15, -0.1) is 12.8 Å². The van der Waals surface area contributed by atoms with Crippen LogP contribution in [0.5, 0.6) is 0 Å². The standard InChI is InChI=1S/C9H17NO3.C6H4F2.C2H6.C2H2/c1-9(2,3)13-8(12)10-5-4-7(11)6-10;7-5-3-1-2-4-6(5)8;2*1-2/h7,11H,4-6H2,1-3H3;1-4H;1-2H3;1-2H/t7-;;;/m0.../s1. The molecule has 1 fully saturated rings. The zero-order valence-corrected chi connectivity index (χ0v) is 15.6. The summed E-state index contributed by atoms with van der Waals surface area (Å²) in [5, 5.41) is 9.20. The second-order valence-electron chi connectivity index (χ2n) is 5.78. The van der Waals surface area contributed by atoms with Gasteiger partial charge >= 0.3 is 6.09 Å². The lowest BCUT2D eigenvalue weighted by molar-refractivity contribution is 0.0270. The molecular formula is C19H29F2NO3. The average Bonchev–Trinajstić information content (AvgIpc) is 3.00. The first-order chi connectivity index (χ1) is 11.7. The van der Waals surface area contributed by atoms with E-state index in [1.165, 1.54) is 17.0 Å². The van der Waals surface area contributed by atoms with Gasteiger partial charge in [0.2, 0.25) is 0 Å². The van der Waals surface area contributed by atoms with Crippen molar-refractivity contribution in [1.29, 1.82) is 0 Å². The Morgan fingerprint density at radius 2 is 1.64 bits per heavy atom. The van der Waals surface area contributed by atoms with E-state index >= 15 is 0 Å². The summed E-state index contributed by atoms with van der Waals surface area (Å²) in [6, 6.07) is 5.04. The molecule has 0 unspecified atom stereocenters. The van der Waals surface area contributed by atoms with Crippen molar-refractivity contribution in [3.8, 4) is 12.8 Å². The summed E-state index contributed by atoms with van der Waals surface area (Å²) >= 11 is 0. The van der Waals surface area contributed by atoms with E-state index in [-0.39, 0.29) is 12.2 Å². The third-order valence-electron chi connectivity index (χ3n) is 2.64. The maximum Gasteiger partial charge on any atom is 0.410 e. The van der Waals surface area contributed by atoms with E-state index in [2.05, 4.69) is 12.8 Å². The van der Waals surface area contributed by atoms with Gasteiger partial charge in [0.15, 0.2) is 11.6 Å². The molecule has 1 N–H and O–H groups in total. The van der Waals surface area contributed by atoms with Crippen LogP contribution in [0.4, 0.5) is 13.6 Å². The second kappa shape index (κ2) is 13.2. The van der Waals surface area contributed by atoms with Gasteiger partial charge in [-0.25, -0.2) is 13.6 Å². The van der Waals surface area contributed by atoms with Crippen LogP contribution < -0.4 is 0 Å². The minimum Gasteiger partial charge on any atom is -0.444 e. The third-order valence-corrected chi connectivity index (χ3v) is 2.64. The molecule has 4 nitrogen and oxygen atoms in total. The lowest BCUT2D eigenvalue weighted by Crippen LogP contribution is -2.35. The van der Waals surface area contributed by atoms with Crippen molar-refractivity contribution in [2.24, 2.45) is 0 Å². The van der Waals surface area contributed by atoms with Crippen LogP contribution in [0.2, 0.25) is 0 Å². The lowest BCUT2D eigenvalue weighted by Gasteiger charge is -2.24. The summed E-state index contributed by atoms with van der Waals surface area (Å²) in [5.74, 6) is -1.60. The molecule has 0 bridgehead atoms. The number of carbonyl (C=O) groups is 1. The van der Waals surface area contributed by atoms with E-state index < -0.39 is 17.2 Å². The molecule has 0 saturated carbocycles. The quantitative estimate of drug-likeness (QED) is 0.707. The summed E-state index contributed by atoms with van der Waals surface area (Å²) in [7, 11) is 0. The number of halogens is 2. The van der Waals surface area contributed by atoms with E-state index in [0.717, 1.165) is 12.1 Å². The first-order valence-electron chi connectivity index (χ1n) is 8.08. The third kappa shape index (κ3) is 12.0. The van der Waals surface area contributed by atoms with Crippen LogP contribution in [-0.4, -0.2) is 40.9 Å². The molecule has 25 heavy (non-hydrogen) atoms. The molecule has 6 heteroatoms. The number of benzene rings is 1. The highest BCUT2D eigenvalue weighted by Crippen LogP contribution is 2.14. The molecule has 1 aliphatic rings. The van der Waals surface area contributed by atoms with Crippen LogP contribution >= 0.6 is 0 Å². The highest BCUT2D eigenvalue weighted by Gasteiger charge is 2.28. The number of amides is 1. The molecule has 0 radical (unpaired) electrons. The van der Waals surface area contributed by atoms with Crippen molar-refractivity contribution in [2.75, 3.05) is 13.1 Å². The van der Waals surface area contributed by atoms with Crippen molar-refractivity contribution < 1.29 is 23.4 Å². The van der Waals surface area contributed by atoms with Crippen LogP contribution in [0, 0.1) is 24.5 Å². The Morgan fingerprint density at radius 3 is 1.92 bits per heavy atom. The van der Waals surface area contributed by atoms with Crippen LogP contribution in [0.3, 0.4) is 0 Å². The molecule has 1 saturated heterocycles. The summed E-state index contributed by atoms with van der Waals surface area (Å²) < 4.78 is 29.0. The maximum absolute atomic E-state index is 11.9. The van der Waals surface area contributed by atoms with Gasteiger partial charge < -0.3 is 14.7 Å². The fourth-order valence-corrected chi connectivity index (χ4v) is 1.67. The number of ether oxygens (including phenoxy) is 1. The van der Waals surface area contributed by atoms with E-state index in [9.17, 15) is 18.7 Å². The average molecular weight is 357 g/mol. The lowest BCUT2D eigenvalue weighted by atomic mass is 10.2. The number of terminal acetylenes is 1. The van der Waals surface area contributed by atoms with Gasteiger partial charge in [0.05, 0.1) is 6.10 Å². The van der Waals surface area contributed by atoms with Gasteiger partial charge in [-0.2, -0.15) is 0 Å². The van der Waals surface area contributed by atoms with Gasteiger partial charge in [0, 0.05) is 13.1 Å². The highest BCUT2D eigenvalue weighted by molar-refractivity contribution is 5.68. The number of aliphatic hydroxyl groups is 1. The zero-order valence-electron chi connectivity index (χ0n) is 15.6. The summed E-state index contributed by atoms with van der Waals surface area (Å²) in [6.45, 7) is 10.5. The van der Waals surface area contributed by atoms with Gasteiger partial charge in [0.1, 0.15) is 5.60 Å². The Balaban J connectivity index is 0. The molecule has 2 rings (SSSR count). The minimum atomic E-state index is -0.799. The molecule has 1 aromatic rings.